The van der Waals surface area contributed by atoms with Crippen LogP contribution in [0.25, 0.3) is 10.9 Å². The second-order valence-electron chi connectivity index (χ2n) is 7.85. The summed E-state index contributed by atoms with van der Waals surface area (Å²) < 4.78 is 11.8. The number of rotatable bonds is 2. The lowest BCUT2D eigenvalue weighted by molar-refractivity contribution is -0.384. The topological polar surface area (TPSA) is 101 Å². The predicted molar refractivity (Wildman–Crippen MR) is 95.4 cm³/mol. The van der Waals surface area contributed by atoms with Crippen LogP contribution < -0.4 is 0 Å². The summed E-state index contributed by atoms with van der Waals surface area (Å²) in [6.45, 7) is 10.2. The van der Waals surface area contributed by atoms with Crippen LogP contribution in [0.3, 0.4) is 0 Å². The second kappa shape index (κ2) is 6.44. The first kappa shape index (κ1) is 19.4. The van der Waals surface area contributed by atoms with E-state index in [-0.39, 0.29) is 11.4 Å². The van der Waals surface area contributed by atoms with Crippen LogP contribution in [0.2, 0.25) is 0 Å². The number of carbonyl (C=O) groups excluding carboxylic acids is 2. The van der Waals surface area contributed by atoms with E-state index in [0.717, 1.165) is 4.57 Å². The Kier molecular flexibility index (Phi) is 4.81. The summed E-state index contributed by atoms with van der Waals surface area (Å²) >= 11 is 0. The average molecular weight is 362 g/mol. The van der Waals surface area contributed by atoms with E-state index < -0.39 is 28.2 Å². The molecule has 0 unspecified atom stereocenters. The molecule has 140 valence electrons. The summed E-state index contributed by atoms with van der Waals surface area (Å²) in [5.41, 5.74) is -1.41. The van der Waals surface area contributed by atoms with Gasteiger partial charge in [0, 0.05) is 17.5 Å². The maximum atomic E-state index is 12.6. The van der Waals surface area contributed by atoms with Gasteiger partial charge in [-0.2, -0.15) is 0 Å². The number of benzene rings is 1. The molecule has 1 heterocycles. The second-order valence-corrected chi connectivity index (χ2v) is 7.85. The number of hydrogen-bond donors (Lipinski definition) is 0. The minimum atomic E-state index is -0.778. The molecule has 0 aliphatic rings. The Bertz CT molecular complexity index is 883. The molecule has 1 aromatic heterocycles. The van der Waals surface area contributed by atoms with Crippen LogP contribution in [-0.2, 0) is 9.47 Å². The number of ether oxygens (including phenoxy) is 2. The van der Waals surface area contributed by atoms with Gasteiger partial charge >= 0.3 is 12.1 Å². The molecule has 0 aliphatic carbocycles. The Labute approximate surface area is 150 Å². The SMILES string of the molecule is CC(C)(C)OC(=O)c1cc2cc([N+](=O)[O-])ccc2n1C(=O)OC(C)(C)C. The van der Waals surface area contributed by atoms with Crippen LogP contribution >= 0.6 is 0 Å². The Morgan fingerprint density at radius 3 is 2.08 bits per heavy atom. The lowest BCUT2D eigenvalue weighted by atomic mass is 10.2. The lowest BCUT2D eigenvalue weighted by Gasteiger charge is -2.22. The van der Waals surface area contributed by atoms with E-state index in [2.05, 4.69) is 0 Å². The van der Waals surface area contributed by atoms with Gasteiger partial charge in [0.05, 0.1) is 10.4 Å². The van der Waals surface area contributed by atoms with Crippen molar-refractivity contribution in [3.05, 3.63) is 40.1 Å². The summed E-state index contributed by atoms with van der Waals surface area (Å²) in [6.07, 6.45) is -0.762. The number of nitro groups is 1. The molecule has 0 spiro atoms. The van der Waals surface area contributed by atoms with Crippen molar-refractivity contribution in [3.8, 4) is 0 Å². The highest BCUT2D eigenvalue weighted by Gasteiger charge is 2.28. The van der Waals surface area contributed by atoms with Crippen molar-refractivity contribution in [2.75, 3.05) is 0 Å². The van der Waals surface area contributed by atoms with Gasteiger partial charge in [-0.15, -0.1) is 0 Å². The number of nitro benzene ring substituents is 1. The van der Waals surface area contributed by atoms with Crippen LogP contribution in [0.1, 0.15) is 52.0 Å². The zero-order valence-corrected chi connectivity index (χ0v) is 15.7. The van der Waals surface area contributed by atoms with Crippen LogP contribution in [0.15, 0.2) is 24.3 Å². The molecule has 0 N–H and O–H groups in total. The Morgan fingerprint density at radius 1 is 1.00 bits per heavy atom. The fourth-order valence-corrected chi connectivity index (χ4v) is 2.30. The zero-order valence-electron chi connectivity index (χ0n) is 15.7. The van der Waals surface area contributed by atoms with Crippen molar-refractivity contribution in [2.24, 2.45) is 0 Å². The highest BCUT2D eigenvalue weighted by atomic mass is 16.6. The van der Waals surface area contributed by atoms with Gasteiger partial charge in [-0.1, -0.05) is 0 Å². The van der Waals surface area contributed by atoms with Crippen LogP contribution in [0, 0.1) is 10.1 Å². The summed E-state index contributed by atoms with van der Waals surface area (Å²) in [5.74, 6) is -0.720. The first-order chi connectivity index (χ1) is 11.8. The maximum Gasteiger partial charge on any atom is 0.419 e. The van der Waals surface area contributed by atoms with E-state index in [1.807, 2.05) is 0 Å². The molecule has 26 heavy (non-hydrogen) atoms. The molecule has 0 aliphatic heterocycles. The van der Waals surface area contributed by atoms with Gasteiger partial charge in [0.2, 0.25) is 0 Å². The molecule has 0 saturated carbocycles. The van der Waals surface area contributed by atoms with Gasteiger partial charge in [-0.05, 0) is 53.7 Å². The quantitative estimate of drug-likeness (QED) is 0.449. The molecule has 0 atom stereocenters. The third kappa shape index (κ3) is 4.38. The van der Waals surface area contributed by atoms with E-state index in [4.69, 9.17) is 9.47 Å². The minimum Gasteiger partial charge on any atom is -0.455 e. The van der Waals surface area contributed by atoms with E-state index in [1.165, 1.54) is 24.3 Å². The maximum absolute atomic E-state index is 12.6. The molecule has 2 rings (SSSR count). The van der Waals surface area contributed by atoms with Gasteiger partial charge in [0.25, 0.3) is 5.69 Å². The Balaban J connectivity index is 2.64. The molecule has 8 nitrogen and oxygen atoms in total. The van der Waals surface area contributed by atoms with Gasteiger partial charge in [0.15, 0.2) is 0 Å². The van der Waals surface area contributed by atoms with Gasteiger partial charge < -0.3 is 9.47 Å². The zero-order chi connectivity index (χ0) is 19.9. The number of carbonyl (C=O) groups is 2. The molecular weight excluding hydrogens is 340 g/mol. The highest BCUT2D eigenvalue weighted by Crippen LogP contribution is 2.27. The van der Waals surface area contributed by atoms with Crippen LogP contribution in [0.5, 0.6) is 0 Å². The van der Waals surface area contributed by atoms with Gasteiger partial charge in [0.1, 0.15) is 16.9 Å². The molecular formula is C18H22N2O6. The smallest absolute Gasteiger partial charge is 0.419 e. The van der Waals surface area contributed by atoms with Crippen molar-refractivity contribution in [1.29, 1.82) is 0 Å². The third-order valence-corrected chi connectivity index (χ3v) is 3.18. The van der Waals surface area contributed by atoms with Gasteiger partial charge in [-0.25, -0.2) is 14.2 Å². The summed E-state index contributed by atoms with van der Waals surface area (Å²) in [4.78, 5) is 35.6. The molecule has 2 aromatic rings. The lowest BCUT2D eigenvalue weighted by Crippen LogP contribution is -2.31. The number of non-ortho nitro benzene ring substituents is 1. The molecule has 1 aromatic carbocycles. The fourth-order valence-electron chi connectivity index (χ4n) is 2.30. The number of aromatic nitrogens is 1. The van der Waals surface area contributed by atoms with Crippen molar-refractivity contribution < 1.29 is 24.0 Å². The Morgan fingerprint density at radius 2 is 1.58 bits per heavy atom. The first-order valence-corrected chi connectivity index (χ1v) is 8.05. The number of hydrogen-bond acceptors (Lipinski definition) is 6. The molecule has 0 radical (unpaired) electrons. The summed E-state index contributed by atoms with van der Waals surface area (Å²) in [5, 5.41) is 11.4. The average Bonchev–Trinajstić information content (AvgIpc) is 2.82. The van der Waals surface area contributed by atoms with Crippen LogP contribution in [0.4, 0.5) is 10.5 Å². The van der Waals surface area contributed by atoms with Crippen molar-refractivity contribution >= 4 is 28.7 Å². The van der Waals surface area contributed by atoms with Crippen molar-refractivity contribution in [2.45, 2.75) is 52.7 Å². The number of nitrogens with zero attached hydrogens (tertiary/aromatic N) is 2. The fraction of sp³-hybridized carbons (Fsp3) is 0.444. The van der Waals surface area contributed by atoms with Crippen molar-refractivity contribution in [1.82, 2.24) is 4.57 Å². The Hall–Kier alpha value is -2.90. The predicted octanol–water partition coefficient (Wildman–Crippen LogP) is 4.29. The molecule has 8 heteroatoms. The van der Waals surface area contributed by atoms with E-state index >= 15 is 0 Å². The third-order valence-electron chi connectivity index (χ3n) is 3.18. The van der Waals surface area contributed by atoms with Gasteiger partial charge in [-0.3, -0.25) is 10.1 Å². The van der Waals surface area contributed by atoms with E-state index in [1.54, 1.807) is 41.5 Å². The van der Waals surface area contributed by atoms with Crippen molar-refractivity contribution in [3.63, 3.8) is 0 Å². The first-order valence-electron chi connectivity index (χ1n) is 8.05. The minimum absolute atomic E-state index is 0.0512. The monoisotopic (exact) mass is 362 g/mol. The molecule has 0 saturated heterocycles. The normalized spacial score (nSPS) is 12.1. The highest BCUT2D eigenvalue weighted by molar-refractivity contribution is 6.02. The van der Waals surface area contributed by atoms with E-state index in [9.17, 15) is 19.7 Å². The summed E-state index contributed by atoms with van der Waals surface area (Å²) in [7, 11) is 0. The molecule has 0 bridgehead atoms. The number of fused-ring (bicyclic) bond motifs is 1. The van der Waals surface area contributed by atoms with E-state index in [0.29, 0.717) is 10.9 Å². The standard InChI is InChI=1S/C18H22N2O6/c1-17(2,3)25-15(21)14-10-11-9-12(20(23)24)7-8-13(11)19(14)16(22)26-18(4,5)6/h7-10H,1-6H3. The molecule has 0 fully saturated rings. The molecule has 0 amide bonds. The summed E-state index contributed by atoms with van der Waals surface area (Å²) in [6, 6.07) is 5.36. The number of esters is 1. The largest absolute Gasteiger partial charge is 0.455 e. The van der Waals surface area contributed by atoms with Crippen LogP contribution in [-0.4, -0.2) is 32.8 Å².